The van der Waals surface area contributed by atoms with E-state index in [9.17, 15) is 5.11 Å². The molecule has 4 heterocycles. The minimum absolute atomic E-state index is 0.00616. The molecule has 3 fully saturated rings. The Balaban J connectivity index is 1.72. The lowest BCUT2D eigenvalue weighted by Gasteiger charge is -2.54. The number of hydrogen-bond acceptors (Lipinski definition) is 4. The molecular formula is C26H28N2O2. The number of nitrogens with zero attached hydrogens (tertiary/aromatic N) is 2. The molecule has 6 rings (SSSR count). The second-order valence-corrected chi connectivity index (χ2v) is 8.57. The van der Waals surface area contributed by atoms with Gasteiger partial charge in [-0.15, -0.1) is 6.58 Å². The summed E-state index contributed by atoms with van der Waals surface area (Å²) in [5, 5.41) is 13.5. The summed E-state index contributed by atoms with van der Waals surface area (Å²) in [5.74, 6) is 1.84. The van der Waals surface area contributed by atoms with E-state index in [0.717, 1.165) is 47.3 Å². The molecule has 5 atom stereocenters. The summed E-state index contributed by atoms with van der Waals surface area (Å²) in [4.78, 5) is 7.01. The van der Waals surface area contributed by atoms with E-state index in [0.29, 0.717) is 11.8 Å². The van der Waals surface area contributed by atoms with Crippen LogP contribution in [0.4, 0.5) is 0 Å². The third kappa shape index (κ3) is 2.94. The number of aliphatic hydroxyl groups is 1. The third-order valence-corrected chi connectivity index (χ3v) is 7.16. The van der Waals surface area contributed by atoms with Crippen molar-refractivity contribution in [3.05, 3.63) is 84.6 Å². The average molecular weight is 401 g/mol. The van der Waals surface area contributed by atoms with E-state index in [1.165, 1.54) is 6.42 Å². The first kappa shape index (κ1) is 19.3. The smallest absolute Gasteiger partial charge is 0.131 e. The maximum atomic E-state index is 12.6. The van der Waals surface area contributed by atoms with Gasteiger partial charge in [0.25, 0.3) is 0 Å². The predicted octanol–water partition coefficient (Wildman–Crippen LogP) is 4.38. The zero-order valence-electron chi connectivity index (χ0n) is 17.4. The van der Waals surface area contributed by atoms with Gasteiger partial charge in [-0.25, -0.2) is 0 Å². The molecule has 4 heteroatoms. The van der Waals surface area contributed by atoms with Crippen molar-refractivity contribution >= 4 is 10.9 Å². The first-order valence-electron chi connectivity index (χ1n) is 10.7. The zero-order valence-corrected chi connectivity index (χ0v) is 17.4. The van der Waals surface area contributed by atoms with Crippen molar-refractivity contribution in [2.45, 2.75) is 24.5 Å². The van der Waals surface area contributed by atoms with Gasteiger partial charge in [-0.3, -0.25) is 9.88 Å². The zero-order chi connectivity index (χ0) is 20.7. The van der Waals surface area contributed by atoms with Crippen LogP contribution in [0.3, 0.4) is 0 Å². The molecule has 0 aliphatic carbocycles. The fourth-order valence-corrected chi connectivity index (χ4v) is 5.57. The molecule has 3 saturated heterocycles. The van der Waals surface area contributed by atoms with Crippen LogP contribution in [-0.4, -0.2) is 41.2 Å². The van der Waals surface area contributed by atoms with Gasteiger partial charge in [-0.2, -0.15) is 0 Å². The highest BCUT2D eigenvalue weighted by Gasteiger charge is 2.50. The standard InChI is InChI=1S/C26H28N2O2/c1-3-18-17-28-14-12-19(18)15-25(28)26(29,20-7-5-4-6-8-20)23-11-13-27-24-10-9-21(30-2)16-22(23)24/h3-11,13,16,18-19,25,29H,1,12,14-15,17H2,2H3/t18-,19-,25+,26-/m0/s1. The number of benzene rings is 2. The lowest BCUT2D eigenvalue weighted by molar-refractivity contribution is -0.0867. The van der Waals surface area contributed by atoms with Gasteiger partial charge in [0, 0.05) is 29.7 Å². The molecule has 1 aromatic heterocycles. The summed E-state index contributed by atoms with van der Waals surface area (Å²) < 4.78 is 5.49. The van der Waals surface area contributed by atoms with E-state index in [2.05, 4.69) is 22.5 Å². The van der Waals surface area contributed by atoms with Gasteiger partial charge in [0.05, 0.1) is 12.6 Å². The van der Waals surface area contributed by atoms with Crippen LogP contribution < -0.4 is 4.74 Å². The van der Waals surface area contributed by atoms with Crippen LogP contribution in [-0.2, 0) is 5.60 Å². The summed E-state index contributed by atoms with van der Waals surface area (Å²) >= 11 is 0. The van der Waals surface area contributed by atoms with Crippen molar-refractivity contribution in [2.24, 2.45) is 11.8 Å². The maximum Gasteiger partial charge on any atom is 0.131 e. The lowest BCUT2D eigenvalue weighted by Crippen LogP contribution is -2.61. The molecule has 0 spiro atoms. The van der Waals surface area contributed by atoms with Crippen molar-refractivity contribution in [1.29, 1.82) is 0 Å². The van der Waals surface area contributed by atoms with E-state index in [1.54, 1.807) is 13.3 Å². The molecule has 1 N–H and O–H groups in total. The Morgan fingerprint density at radius 1 is 1.20 bits per heavy atom. The predicted molar refractivity (Wildman–Crippen MR) is 120 cm³/mol. The molecule has 154 valence electrons. The molecule has 1 unspecified atom stereocenters. The second-order valence-electron chi connectivity index (χ2n) is 8.57. The van der Waals surface area contributed by atoms with Crippen molar-refractivity contribution in [3.63, 3.8) is 0 Å². The largest absolute Gasteiger partial charge is 0.497 e. The average Bonchev–Trinajstić information content (AvgIpc) is 2.83. The van der Waals surface area contributed by atoms with E-state index >= 15 is 0 Å². The molecule has 4 nitrogen and oxygen atoms in total. The number of piperidine rings is 3. The molecule has 0 amide bonds. The van der Waals surface area contributed by atoms with Gasteiger partial charge in [-0.05, 0) is 61.1 Å². The fourth-order valence-electron chi connectivity index (χ4n) is 5.57. The van der Waals surface area contributed by atoms with Gasteiger partial charge >= 0.3 is 0 Å². The first-order chi connectivity index (χ1) is 14.6. The van der Waals surface area contributed by atoms with Crippen LogP contribution in [0.5, 0.6) is 5.75 Å². The van der Waals surface area contributed by atoms with Crippen LogP contribution in [0.2, 0.25) is 0 Å². The van der Waals surface area contributed by atoms with Crippen molar-refractivity contribution in [1.82, 2.24) is 9.88 Å². The summed E-state index contributed by atoms with van der Waals surface area (Å²) in [7, 11) is 1.67. The molecule has 0 saturated carbocycles. The Hall–Kier alpha value is -2.69. The molecule has 2 bridgehead atoms. The molecule has 3 aliphatic rings. The highest BCUT2D eigenvalue weighted by Crippen LogP contribution is 2.47. The number of hydrogen-bond donors (Lipinski definition) is 1. The number of pyridine rings is 1. The highest BCUT2D eigenvalue weighted by molar-refractivity contribution is 5.85. The summed E-state index contributed by atoms with van der Waals surface area (Å²) in [5.41, 5.74) is 1.54. The van der Waals surface area contributed by atoms with Crippen LogP contribution in [0, 0.1) is 11.8 Å². The van der Waals surface area contributed by atoms with Crippen molar-refractivity contribution in [2.75, 3.05) is 20.2 Å². The van der Waals surface area contributed by atoms with E-state index in [1.807, 2.05) is 54.6 Å². The number of ether oxygens (including phenoxy) is 1. The number of fused-ring (bicyclic) bond motifs is 4. The van der Waals surface area contributed by atoms with Crippen molar-refractivity contribution < 1.29 is 9.84 Å². The SMILES string of the molecule is C=C[C@H]1CN2CC[C@H]1C[C@@H]2[C@](O)(c1ccccc1)c1ccnc2ccc(OC)cc12. The summed E-state index contributed by atoms with van der Waals surface area (Å²) in [6.45, 7) is 6.03. The van der Waals surface area contributed by atoms with Gasteiger partial charge in [-0.1, -0.05) is 36.4 Å². The minimum atomic E-state index is -1.14. The third-order valence-electron chi connectivity index (χ3n) is 7.16. The normalized spacial score (nSPS) is 27.5. The van der Waals surface area contributed by atoms with Gasteiger partial charge in [0.1, 0.15) is 11.4 Å². The minimum Gasteiger partial charge on any atom is -0.497 e. The second kappa shape index (κ2) is 7.53. The Morgan fingerprint density at radius 2 is 2.03 bits per heavy atom. The Kier molecular flexibility index (Phi) is 4.84. The topological polar surface area (TPSA) is 45.6 Å². The van der Waals surface area contributed by atoms with Crippen LogP contribution in [0.15, 0.2) is 73.4 Å². The monoisotopic (exact) mass is 400 g/mol. The molecule has 3 aliphatic heterocycles. The summed E-state index contributed by atoms with van der Waals surface area (Å²) in [6, 6.07) is 18.0. The van der Waals surface area contributed by atoms with E-state index < -0.39 is 5.60 Å². The van der Waals surface area contributed by atoms with E-state index in [4.69, 9.17) is 4.74 Å². The number of rotatable bonds is 5. The highest BCUT2D eigenvalue weighted by atomic mass is 16.5. The maximum absolute atomic E-state index is 12.6. The van der Waals surface area contributed by atoms with Gasteiger partial charge in [0.2, 0.25) is 0 Å². The fraction of sp³-hybridized carbons (Fsp3) is 0.346. The first-order valence-corrected chi connectivity index (χ1v) is 10.7. The van der Waals surface area contributed by atoms with Crippen LogP contribution >= 0.6 is 0 Å². The summed E-state index contributed by atoms with van der Waals surface area (Å²) in [6.07, 6.45) is 6.03. The Morgan fingerprint density at radius 3 is 2.73 bits per heavy atom. The Labute approximate surface area is 177 Å². The van der Waals surface area contributed by atoms with E-state index in [-0.39, 0.29) is 6.04 Å². The van der Waals surface area contributed by atoms with Crippen LogP contribution in [0.25, 0.3) is 10.9 Å². The van der Waals surface area contributed by atoms with Crippen molar-refractivity contribution in [3.8, 4) is 5.75 Å². The molecule has 30 heavy (non-hydrogen) atoms. The van der Waals surface area contributed by atoms with Gasteiger partial charge < -0.3 is 9.84 Å². The molecule has 3 aromatic rings. The Bertz CT molecular complexity index is 1070. The molecular weight excluding hydrogens is 372 g/mol. The molecule has 0 radical (unpaired) electrons. The number of aromatic nitrogens is 1. The van der Waals surface area contributed by atoms with Gasteiger partial charge in [0.15, 0.2) is 0 Å². The van der Waals surface area contributed by atoms with Crippen LogP contribution in [0.1, 0.15) is 24.0 Å². The lowest BCUT2D eigenvalue weighted by atomic mass is 9.67. The molecule has 2 aromatic carbocycles. The number of methoxy groups -OCH3 is 1. The quantitative estimate of drug-likeness (QED) is 0.646.